The van der Waals surface area contributed by atoms with Gasteiger partial charge in [0.1, 0.15) is 0 Å². The van der Waals surface area contributed by atoms with E-state index in [1.54, 1.807) is 30.9 Å². The fraction of sp³-hybridized carbons (Fsp3) is 0.429. The molecule has 1 saturated heterocycles. The Balaban J connectivity index is 2.25. The molecule has 1 fully saturated rings. The number of nitrogen functional groups attached to an aromatic ring is 1. The highest BCUT2D eigenvalue weighted by atomic mass is 32.2. The zero-order chi connectivity index (χ0) is 14.7. The Bertz CT molecular complexity index is 527. The number of carbonyl (C=O) groups is 2. The number of aromatic carboxylic acids is 1. The summed E-state index contributed by atoms with van der Waals surface area (Å²) in [6, 6.07) is 4.58. The van der Waals surface area contributed by atoms with Crippen LogP contribution in [0.5, 0.6) is 0 Å². The van der Waals surface area contributed by atoms with E-state index in [1.165, 1.54) is 11.0 Å². The fourth-order valence-electron chi connectivity index (χ4n) is 2.29. The van der Waals surface area contributed by atoms with Crippen LogP contribution in [0.4, 0.5) is 11.4 Å². The summed E-state index contributed by atoms with van der Waals surface area (Å²) in [5.41, 5.74) is 6.44. The van der Waals surface area contributed by atoms with Crippen LogP contribution in [0, 0.1) is 0 Å². The molecule has 1 aromatic rings. The summed E-state index contributed by atoms with van der Waals surface area (Å²) in [7, 11) is 1.62. The van der Waals surface area contributed by atoms with Gasteiger partial charge in [0.15, 0.2) is 0 Å². The van der Waals surface area contributed by atoms with E-state index in [0.717, 1.165) is 25.0 Å². The minimum absolute atomic E-state index is 0.0398. The van der Waals surface area contributed by atoms with Crippen LogP contribution in [0.3, 0.4) is 0 Å². The second-order valence-corrected chi connectivity index (χ2v) is 6.14. The number of hydrogen-bond donors (Lipinski definition) is 2. The van der Waals surface area contributed by atoms with Gasteiger partial charge in [0.05, 0.1) is 16.5 Å². The first-order chi connectivity index (χ1) is 9.50. The van der Waals surface area contributed by atoms with Gasteiger partial charge < -0.3 is 15.7 Å². The van der Waals surface area contributed by atoms with E-state index in [4.69, 9.17) is 5.73 Å². The summed E-state index contributed by atoms with van der Waals surface area (Å²) < 4.78 is 0. The van der Waals surface area contributed by atoms with Crippen LogP contribution in [0.1, 0.15) is 29.6 Å². The monoisotopic (exact) mass is 294 g/mol. The third-order valence-corrected chi connectivity index (χ3v) is 4.76. The van der Waals surface area contributed by atoms with Crippen LogP contribution in [-0.4, -0.2) is 35.0 Å². The average Bonchev–Trinajstić information content (AvgIpc) is 2.46. The highest BCUT2D eigenvalue weighted by Crippen LogP contribution is 2.29. The number of rotatable bonds is 3. The number of carbonyl (C=O) groups excluding carboxylic acids is 1. The Kier molecular flexibility index (Phi) is 4.54. The standard InChI is InChI=1S/C14H18N2O3S/c1-16(13(17)12-4-2-3-7-20-12)11-6-5-9(15)8-10(11)14(18)19/h5-6,8,12H,2-4,7,15H2,1H3,(H,18,19). The van der Waals surface area contributed by atoms with Gasteiger partial charge in [-0.3, -0.25) is 4.79 Å². The first-order valence-electron chi connectivity index (χ1n) is 6.52. The molecule has 6 heteroatoms. The molecule has 3 N–H and O–H groups in total. The maximum Gasteiger partial charge on any atom is 0.337 e. The third-order valence-electron chi connectivity index (χ3n) is 3.40. The first kappa shape index (κ1) is 14.7. The van der Waals surface area contributed by atoms with Crippen LogP contribution >= 0.6 is 11.8 Å². The van der Waals surface area contributed by atoms with Crippen molar-refractivity contribution in [1.29, 1.82) is 0 Å². The minimum Gasteiger partial charge on any atom is -0.478 e. The van der Waals surface area contributed by atoms with Gasteiger partial charge in [0.25, 0.3) is 0 Å². The maximum atomic E-state index is 12.4. The Hall–Kier alpha value is -1.69. The van der Waals surface area contributed by atoms with Crippen LogP contribution in [0.2, 0.25) is 0 Å². The van der Waals surface area contributed by atoms with Gasteiger partial charge in [-0.25, -0.2) is 4.79 Å². The highest BCUT2D eigenvalue weighted by molar-refractivity contribution is 8.00. The normalized spacial score (nSPS) is 18.6. The molecule has 0 spiro atoms. The second-order valence-electron chi connectivity index (χ2n) is 4.83. The molecule has 2 rings (SSSR count). The quantitative estimate of drug-likeness (QED) is 0.835. The predicted molar refractivity (Wildman–Crippen MR) is 81.3 cm³/mol. The number of nitrogens with two attached hydrogens (primary N) is 1. The lowest BCUT2D eigenvalue weighted by atomic mass is 10.1. The maximum absolute atomic E-state index is 12.4. The van der Waals surface area contributed by atoms with Crippen molar-refractivity contribution in [3.63, 3.8) is 0 Å². The molecule has 0 radical (unpaired) electrons. The molecule has 0 saturated carbocycles. The first-order valence-corrected chi connectivity index (χ1v) is 7.57. The number of nitrogens with zero attached hydrogens (tertiary/aromatic N) is 1. The van der Waals surface area contributed by atoms with Crippen LogP contribution < -0.4 is 10.6 Å². The molecule has 1 atom stereocenters. The molecule has 1 amide bonds. The van der Waals surface area contributed by atoms with Crippen LogP contribution in [0.25, 0.3) is 0 Å². The van der Waals surface area contributed by atoms with E-state index in [0.29, 0.717) is 11.4 Å². The second kappa shape index (κ2) is 6.17. The molecule has 108 valence electrons. The van der Waals surface area contributed by atoms with Crippen LogP contribution in [0.15, 0.2) is 18.2 Å². The summed E-state index contributed by atoms with van der Waals surface area (Å²) in [5, 5.41) is 9.16. The largest absolute Gasteiger partial charge is 0.478 e. The van der Waals surface area contributed by atoms with Crippen molar-refractivity contribution in [2.24, 2.45) is 0 Å². The number of thioether (sulfide) groups is 1. The van der Waals surface area contributed by atoms with Gasteiger partial charge in [-0.15, -0.1) is 11.8 Å². The van der Waals surface area contributed by atoms with E-state index >= 15 is 0 Å². The van der Waals surface area contributed by atoms with Gasteiger partial charge in [0.2, 0.25) is 5.91 Å². The number of benzene rings is 1. The summed E-state index contributed by atoms with van der Waals surface area (Å²) in [4.78, 5) is 25.2. The fourth-order valence-corrected chi connectivity index (χ4v) is 3.58. The van der Waals surface area contributed by atoms with Crippen molar-refractivity contribution in [3.8, 4) is 0 Å². The smallest absolute Gasteiger partial charge is 0.337 e. The van der Waals surface area contributed by atoms with Gasteiger partial charge >= 0.3 is 5.97 Å². The van der Waals surface area contributed by atoms with Crippen molar-refractivity contribution < 1.29 is 14.7 Å². The molecular formula is C14H18N2O3S. The van der Waals surface area contributed by atoms with E-state index in [1.807, 2.05) is 0 Å². The summed E-state index contributed by atoms with van der Waals surface area (Å²) in [6.45, 7) is 0. The van der Waals surface area contributed by atoms with Gasteiger partial charge in [0, 0.05) is 12.7 Å². The molecule has 1 aromatic carbocycles. The molecule has 1 heterocycles. The van der Waals surface area contributed by atoms with Gasteiger partial charge in [-0.05, 0) is 36.8 Å². The minimum atomic E-state index is -1.08. The molecule has 1 unspecified atom stereocenters. The van der Waals surface area contributed by atoms with E-state index in [-0.39, 0.29) is 16.7 Å². The number of carboxylic acid groups (broad SMARTS) is 1. The number of hydrogen-bond acceptors (Lipinski definition) is 4. The molecule has 1 aliphatic rings. The molecule has 0 aromatic heterocycles. The SMILES string of the molecule is CN(C(=O)C1CCCCS1)c1ccc(N)cc1C(=O)O. The zero-order valence-electron chi connectivity index (χ0n) is 11.3. The van der Waals surface area contributed by atoms with Crippen molar-refractivity contribution in [3.05, 3.63) is 23.8 Å². The lowest BCUT2D eigenvalue weighted by Crippen LogP contribution is -2.36. The molecule has 0 aliphatic carbocycles. The Labute approximate surface area is 122 Å². The summed E-state index contributed by atoms with van der Waals surface area (Å²) >= 11 is 1.65. The van der Waals surface area contributed by atoms with Crippen molar-refractivity contribution in [2.75, 3.05) is 23.4 Å². The topological polar surface area (TPSA) is 83.6 Å². The summed E-state index contributed by atoms with van der Waals surface area (Å²) in [6.07, 6.45) is 3.04. The lowest BCUT2D eigenvalue weighted by Gasteiger charge is -2.27. The van der Waals surface area contributed by atoms with Crippen molar-refractivity contribution in [1.82, 2.24) is 0 Å². The number of amides is 1. The van der Waals surface area contributed by atoms with Crippen molar-refractivity contribution in [2.45, 2.75) is 24.5 Å². The predicted octanol–water partition coefficient (Wildman–Crippen LogP) is 2.22. The Morgan fingerprint density at radius 3 is 2.75 bits per heavy atom. The van der Waals surface area contributed by atoms with Gasteiger partial charge in [-0.2, -0.15) is 0 Å². The molecule has 20 heavy (non-hydrogen) atoms. The lowest BCUT2D eigenvalue weighted by molar-refractivity contribution is -0.118. The number of carboxylic acids is 1. The van der Waals surface area contributed by atoms with E-state index in [9.17, 15) is 14.7 Å². The van der Waals surface area contributed by atoms with Crippen molar-refractivity contribution >= 4 is 35.0 Å². The molecule has 1 aliphatic heterocycles. The number of anilines is 2. The molecule has 5 nitrogen and oxygen atoms in total. The van der Waals surface area contributed by atoms with Crippen LogP contribution in [-0.2, 0) is 4.79 Å². The average molecular weight is 294 g/mol. The molecule has 0 bridgehead atoms. The van der Waals surface area contributed by atoms with E-state index in [2.05, 4.69) is 0 Å². The summed E-state index contributed by atoms with van der Waals surface area (Å²) in [5.74, 6) is -0.136. The molecular weight excluding hydrogens is 276 g/mol. The van der Waals surface area contributed by atoms with E-state index < -0.39 is 5.97 Å². The Morgan fingerprint density at radius 1 is 1.40 bits per heavy atom. The highest BCUT2D eigenvalue weighted by Gasteiger charge is 2.27. The third kappa shape index (κ3) is 3.07. The van der Waals surface area contributed by atoms with Gasteiger partial charge in [-0.1, -0.05) is 6.42 Å². The Morgan fingerprint density at radius 2 is 2.15 bits per heavy atom. The zero-order valence-corrected chi connectivity index (χ0v) is 12.2.